The highest BCUT2D eigenvalue weighted by atomic mass is 32.1. The zero-order chi connectivity index (χ0) is 15.2. The molecule has 1 atom stereocenters. The second-order valence-electron chi connectivity index (χ2n) is 5.27. The number of hydrogen-bond donors (Lipinski definition) is 1. The highest BCUT2D eigenvalue weighted by molar-refractivity contribution is 7.10. The van der Waals surface area contributed by atoms with Gasteiger partial charge < -0.3 is 10.1 Å². The molecule has 0 aliphatic carbocycles. The molecule has 21 heavy (non-hydrogen) atoms. The van der Waals surface area contributed by atoms with E-state index >= 15 is 0 Å². The first kappa shape index (κ1) is 16.0. The maximum atomic E-state index is 5.51. The van der Waals surface area contributed by atoms with Gasteiger partial charge in [-0.15, -0.1) is 11.3 Å². The predicted molar refractivity (Wildman–Crippen MR) is 89.3 cm³/mol. The zero-order valence-corrected chi connectivity index (χ0v) is 14.1. The standard InChI is InChI=1S/C17H24N2OS/c1-5-8-18-15(16-7-6-9-21-16)10-14-13(3)17(20-4)12(2)11-19-14/h6-7,9,11,15,18H,5,8,10H2,1-4H3. The smallest absolute Gasteiger partial charge is 0.128 e. The Bertz CT molecular complexity index is 566. The van der Waals surface area contributed by atoms with Crippen molar-refractivity contribution in [3.05, 3.63) is 45.4 Å². The van der Waals surface area contributed by atoms with Gasteiger partial charge in [-0.1, -0.05) is 13.0 Å². The fraction of sp³-hybridized carbons (Fsp3) is 0.471. The van der Waals surface area contributed by atoms with Crippen molar-refractivity contribution in [1.82, 2.24) is 10.3 Å². The van der Waals surface area contributed by atoms with E-state index in [1.54, 1.807) is 18.4 Å². The molecule has 114 valence electrons. The molecule has 2 aromatic rings. The maximum Gasteiger partial charge on any atom is 0.128 e. The molecule has 1 N–H and O–H groups in total. The summed E-state index contributed by atoms with van der Waals surface area (Å²) in [6.45, 7) is 7.34. The number of methoxy groups -OCH3 is 1. The van der Waals surface area contributed by atoms with Crippen molar-refractivity contribution < 1.29 is 4.74 Å². The molecule has 0 fully saturated rings. The summed E-state index contributed by atoms with van der Waals surface area (Å²) in [5, 5.41) is 5.76. The number of ether oxygens (including phenoxy) is 1. The minimum atomic E-state index is 0.323. The molecule has 0 saturated carbocycles. The first-order chi connectivity index (χ1) is 10.2. The van der Waals surface area contributed by atoms with Crippen molar-refractivity contribution in [2.24, 2.45) is 0 Å². The Morgan fingerprint density at radius 2 is 2.19 bits per heavy atom. The quantitative estimate of drug-likeness (QED) is 0.838. The molecule has 1 unspecified atom stereocenters. The lowest BCUT2D eigenvalue weighted by Gasteiger charge is -2.19. The van der Waals surface area contributed by atoms with Crippen LogP contribution in [0.5, 0.6) is 5.75 Å². The van der Waals surface area contributed by atoms with Crippen LogP contribution in [0.25, 0.3) is 0 Å². The van der Waals surface area contributed by atoms with Crippen molar-refractivity contribution in [3.63, 3.8) is 0 Å². The minimum absolute atomic E-state index is 0.323. The van der Waals surface area contributed by atoms with E-state index in [1.807, 2.05) is 13.1 Å². The summed E-state index contributed by atoms with van der Waals surface area (Å²) in [5.41, 5.74) is 3.35. The monoisotopic (exact) mass is 304 g/mol. The fourth-order valence-corrected chi connectivity index (χ4v) is 3.35. The lowest BCUT2D eigenvalue weighted by molar-refractivity contribution is 0.406. The Labute approximate surface area is 131 Å². The van der Waals surface area contributed by atoms with Crippen LogP contribution in [0.3, 0.4) is 0 Å². The molecule has 0 aromatic carbocycles. The lowest BCUT2D eigenvalue weighted by Crippen LogP contribution is -2.24. The molecule has 0 aliphatic heterocycles. The third-order valence-corrected chi connectivity index (χ3v) is 4.66. The highest BCUT2D eigenvalue weighted by Crippen LogP contribution is 2.28. The lowest BCUT2D eigenvalue weighted by atomic mass is 10.0. The van der Waals surface area contributed by atoms with E-state index < -0.39 is 0 Å². The molecule has 0 amide bonds. The summed E-state index contributed by atoms with van der Waals surface area (Å²) in [4.78, 5) is 5.99. The molecule has 0 aliphatic rings. The highest BCUT2D eigenvalue weighted by Gasteiger charge is 2.17. The number of nitrogens with zero attached hydrogens (tertiary/aromatic N) is 1. The van der Waals surface area contributed by atoms with Gasteiger partial charge in [0.15, 0.2) is 0 Å². The van der Waals surface area contributed by atoms with Crippen LogP contribution >= 0.6 is 11.3 Å². The van der Waals surface area contributed by atoms with Crippen LogP contribution in [0.2, 0.25) is 0 Å². The third-order valence-electron chi connectivity index (χ3n) is 3.67. The van der Waals surface area contributed by atoms with Gasteiger partial charge >= 0.3 is 0 Å². The van der Waals surface area contributed by atoms with Gasteiger partial charge in [-0.05, 0) is 38.3 Å². The molecule has 0 radical (unpaired) electrons. The van der Waals surface area contributed by atoms with E-state index in [0.29, 0.717) is 6.04 Å². The van der Waals surface area contributed by atoms with Crippen molar-refractivity contribution in [3.8, 4) is 5.75 Å². The van der Waals surface area contributed by atoms with Crippen molar-refractivity contribution >= 4 is 11.3 Å². The van der Waals surface area contributed by atoms with Gasteiger partial charge in [0.25, 0.3) is 0 Å². The molecule has 0 spiro atoms. The van der Waals surface area contributed by atoms with E-state index in [2.05, 4.69) is 41.7 Å². The van der Waals surface area contributed by atoms with Gasteiger partial charge in [0.1, 0.15) is 5.75 Å². The summed E-state index contributed by atoms with van der Waals surface area (Å²) in [6.07, 6.45) is 3.93. The van der Waals surface area contributed by atoms with E-state index in [9.17, 15) is 0 Å². The predicted octanol–water partition coefficient (Wildman–Crippen LogP) is 4.05. The molecule has 3 nitrogen and oxygen atoms in total. The Morgan fingerprint density at radius 1 is 1.38 bits per heavy atom. The second kappa shape index (κ2) is 7.57. The molecular weight excluding hydrogens is 280 g/mol. The Balaban J connectivity index is 2.24. The van der Waals surface area contributed by atoms with E-state index in [1.165, 1.54) is 4.88 Å². The van der Waals surface area contributed by atoms with E-state index in [0.717, 1.165) is 42.0 Å². The second-order valence-corrected chi connectivity index (χ2v) is 6.25. The summed E-state index contributed by atoms with van der Waals surface area (Å²) < 4.78 is 5.51. The average molecular weight is 304 g/mol. The zero-order valence-electron chi connectivity index (χ0n) is 13.3. The maximum absolute atomic E-state index is 5.51. The van der Waals surface area contributed by atoms with Crippen molar-refractivity contribution in [2.75, 3.05) is 13.7 Å². The first-order valence-corrected chi connectivity index (χ1v) is 8.31. The van der Waals surface area contributed by atoms with E-state index in [4.69, 9.17) is 4.74 Å². The van der Waals surface area contributed by atoms with Gasteiger partial charge in [0, 0.05) is 40.4 Å². The topological polar surface area (TPSA) is 34.2 Å². The third kappa shape index (κ3) is 3.83. The minimum Gasteiger partial charge on any atom is -0.496 e. The number of rotatable bonds is 7. The summed E-state index contributed by atoms with van der Waals surface area (Å²) in [6, 6.07) is 4.62. The molecule has 0 saturated heterocycles. The van der Waals surface area contributed by atoms with Gasteiger partial charge in [-0.3, -0.25) is 4.98 Å². The molecule has 0 bridgehead atoms. The van der Waals surface area contributed by atoms with Crippen molar-refractivity contribution in [1.29, 1.82) is 0 Å². The SMILES string of the molecule is CCCNC(Cc1ncc(C)c(OC)c1C)c1cccs1. The first-order valence-electron chi connectivity index (χ1n) is 7.43. The van der Waals surface area contributed by atoms with Crippen LogP contribution in [-0.4, -0.2) is 18.6 Å². The Hall–Kier alpha value is -1.39. The normalized spacial score (nSPS) is 12.4. The number of pyridine rings is 1. The van der Waals surface area contributed by atoms with Gasteiger partial charge in [0.05, 0.1) is 7.11 Å². The van der Waals surface area contributed by atoms with Gasteiger partial charge in [-0.25, -0.2) is 0 Å². The molecule has 2 heterocycles. The molecule has 2 aromatic heterocycles. The van der Waals surface area contributed by atoms with Gasteiger partial charge in [0.2, 0.25) is 0 Å². The average Bonchev–Trinajstić information content (AvgIpc) is 3.00. The Morgan fingerprint density at radius 3 is 2.81 bits per heavy atom. The fourth-order valence-electron chi connectivity index (χ4n) is 2.55. The van der Waals surface area contributed by atoms with Crippen molar-refractivity contribution in [2.45, 2.75) is 39.7 Å². The number of thiophene rings is 1. The number of aromatic nitrogens is 1. The molecule has 2 rings (SSSR count). The van der Waals surface area contributed by atoms with Crippen LogP contribution in [0.4, 0.5) is 0 Å². The van der Waals surface area contributed by atoms with Crippen LogP contribution in [-0.2, 0) is 6.42 Å². The van der Waals surface area contributed by atoms with Crippen LogP contribution < -0.4 is 10.1 Å². The van der Waals surface area contributed by atoms with Crippen LogP contribution in [0.1, 0.15) is 41.1 Å². The Kier molecular flexibility index (Phi) is 5.76. The van der Waals surface area contributed by atoms with E-state index in [-0.39, 0.29) is 0 Å². The summed E-state index contributed by atoms with van der Waals surface area (Å²) in [7, 11) is 1.73. The molecular formula is C17H24N2OS. The summed E-state index contributed by atoms with van der Waals surface area (Å²) >= 11 is 1.80. The largest absolute Gasteiger partial charge is 0.496 e. The number of aryl methyl sites for hydroxylation is 1. The van der Waals surface area contributed by atoms with Crippen LogP contribution in [0.15, 0.2) is 23.7 Å². The summed E-state index contributed by atoms with van der Waals surface area (Å²) in [5.74, 6) is 0.959. The number of nitrogens with one attached hydrogen (secondary N) is 1. The van der Waals surface area contributed by atoms with Crippen LogP contribution in [0, 0.1) is 13.8 Å². The number of hydrogen-bond acceptors (Lipinski definition) is 4. The molecule has 4 heteroatoms. The van der Waals surface area contributed by atoms with Gasteiger partial charge in [-0.2, -0.15) is 0 Å².